The van der Waals surface area contributed by atoms with E-state index >= 15 is 0 Å². The summed E-state index contributed by atoms with van der Waals surface area (Å²) in [6.45, 7) is 0.999. The fraction of sp³-hybridized carbons (Fsp3) is 0.200. The number of hydrogen-bond donors (Lipinski definition) is 0. The Labute approximate surface area is 98.4 Å². The van der Waals surface area contributed by atoms with Crippen molar-refractivity contribution in [3.63, 3.8) is 0 Å². The number of aldehydes is 1. The Kier molecular flexibility index (Phi) is 3.49. The number of benzene rings is 1. The van der Waals surface area contributed by atoms with Gasteiger partial charge in [0.25, 0.3) is 5.69 Å². The zero-order chi connectivity index (χ0) is 14.1. The van der Waals surface area contributed by atoms with Crippen molar-refractivity contribution < 1.29 is 27.7 Å². The molecule has 0 aliphatic carbocycles. The van der Waals surface area contributed by atoms with Gasteiger partial charge >= 0.3 is 6.18 Å². The van der Waals surface area contributed by atoms with Gasteiger partial charge in [0.1, 0.15) is 5.56 Å². The molecule has 0 aromatic heterocycles. The molecule has 0 unspecified atom stereocenters. The molecule has 0 saturated carbocycles. The highest BCUT2D eigenvalue weighted by atomic mass is 19.4. The molecule has 0 aliphatic rings. The first kappa shape index (κ1) is 13.8. The molecule has 0 heterocycles. The number of ketones is 1. The molecule has 0 amide bonds. The number of carbonyl (C=O) groups excluding carboxylic acids is 2. The third kappa shape index (κ3) is 2.53. The molecule has 5 nitrogen and oxygen atoms in total. The normalized spacial score (nSPS) is 11.1. The van der Waals surface area contributed by atoms with E-state index in [1.165, 1.54) is 0 Å². The summed E-state index contributed by atoms with van der Waals surface area (Å²) < 4.78 is 37.7. The van der Waals surface area contributed by atoms with Crippen molar-refractivity contribution in [1.29, 1.82) is 0 Å². The van der Waals surface area contributed by atoms with Crippen molar-refractivity contribution in [2.75, 3.05) is 0 Å². The van der Waals surface area contributed by atoms with Crippen LogP contribution in [-0.4, -0.2) is 17.0 Å². The molecule has 0 aliphatic heterocycles. The van der Waals surface area contributed by atoms with Gasteiger partial charge in [-0.2, -0.15) is 13.2 Å². The monoisotopic (exact) mass is 261 g/mol. The Hall–Kier alpha value is -2.25. The minimum absolute atomic E-state index is 0.0513. The third-order valence-electron chi connectivity index (χ3n) is 2.18. The van der Waals surface area contributed by atoms with Crippen molar-refractivity contribution in [3.05, 3.63) is 38.9 Å². The molecular formula is C10H6F3NO4. The van der Waals surface area contributed by atoms with Gasteiger partial charge in [0, 0.05) is 17.2 Å². The molecule has 1 aromatic rings. The molecule has 0 fully saturated rings. The molecule has 18 heavy (non-hydrogen) atoms. The minimum atomic E-state index is -4.98. The second kappa shape index (κ2) is 4.55. The number of alkyl halides is 3. The first-order chi connectivity index (χ1) is 8.18. The summed E-state index contributed by atoms with van der Waals surface area (Å²) in [7, 11) is 0. The number of nitro groups is 1. The molecule has 0 radical (unpaired) electrons. The maximum atomic E-state index is 12.6. The summed E-state index contributed by atoms with van der Waals surface area (Å²) in [6, 6.07) is 0.775. The smallest absolute Gasteiger partial charge is 0.298 e. The molecule has 0 spiro atoms. The van der Waals surface area contributed by atoms with Crippen molar-refractivity contribution in [1.82, 2.24) is 0 Å². The van der Waals surface area contributed by atoms with Gasteiger partial charge in [-0.25, -0.2) is 0 Å². The number of carbonyl (C=O) groups is 2. The largest absolute Gasteiger partial charge is 0.423 e. The van der Waals surface area contributed by atoms with Crippen molar-refractivity contribution in [2.24, 2.45) is 0 Å². The predicted molar refractivity (Wildman–Crippen MR) is 53.5 cm³/mol. The SMILES string of the molecule is CC(=O)c1cc([N+](=O)[O-])c(C(F)(F)F)cc1C=O. The highest BCUT2D eigenvalue weighted by molar-refractivity contribution is 6.02. The predicted octanol–water partition coefficient (Wildman–Crippen LogP) is 2.63. The van der Waals surface area contributed by atoms with E-state index in [9.17, 15) is 32.9 Å². The summed E-state index contributed by atoms with van der Waals surface area (Å²) in [5.74, 6) is -0.728. The Morgan fingerprint density at radius 1 is 1.39 bits per heavy atom. The maximum absolute atomic E-state index is 12.6. The quantitative estimate of drug-likeness (QED) is 0.362. The fourth-order valence-electron chi connectivity index (χ4n) is 1.39. The zero-order valence-corrected chi connectivity index (χ0v) is 8.95. The second-order valence-electron chi connectivity index (χ2n) is 3.39. The molecule has 8 heteroatoms. The molecule has 0 atom stereocenters. The van der Waals surface area contributed by atoms with Crippen LogP contribution in [0.1, 0.15) is 33.2 Å². The van der Waals surface area contributed by atoms with Crippen LogP contribution in [0.4, 0.5) is 18.9 Å². The highest BCUT2D eigenvalue weighted by Gasteiger charge is 2.39. The average molecular weight is 261 g/mol. The van der Waals surface area contributed by atoms with Gasteiger partial charge < -0.3 is 0 Å². The molecule has 1 rings (SSSR count). The van der Waals surface area contributed by atoms with Crippen LogP contribution >= 0.6 is 0 Å². The van der Waals surface area contributed by atoms with Gasteiger partial charge in [0.2, 0.25) is 0 Å². The summed E-state index contributed by atoms with van der Waals surface area (Å²) >= 11 is 0. The number of nitro benzene ring substituents is 1. The van der Waals surface area contributed by atoms with E-state index in [1.807, 2.05) is 0 Å². The van der Waals surface area contributed by atoms with Crippen molar-refractivity contribution in [3.8, 4) is 0 Å². The van der Waals surface area contributed by atoms with E-state index in [0.29, 0.717) is 12.1 Å². The van der Waals surface area contributed by atoms with Crippen LogP contribution in [0.2, 0.25) is 0 Å². The summed E-state index contributed by atoms with van der Waals surface area (Å²) in [5, 5.41) is 10.5. The van der Waals surface area contributed by atoms with E-state index < -0.39 is 39.3 Å². The summed E-state index contributed by atoms with van der Waals surface area (Å²) in [5.41, 5.74) is -3.75. The number of nitrogens with zero attached hydrogens (tertiary/aromatic N) is 1. The van der Waals surface area contributed by atoms with Crippen molar-refractivity contribution >= 4 is 17.8 Å². The van der Waals surface area contributed by atoms with Crippen LogP contribution in [0.3, 0.4) is 0 Å². The van der Waals surface area contributed by atoms with Gasteiger partial charge in [0.15, 0.2) is 12.1 Å². The van der Waals surface area contributed by atoms with Crippen LogP contribution in [0.15, 0.2) is 12.1 Å². The summed E-state index contributed by atoms with van der Waals surface area (Å²) in [6.07, 6.45) is -4.93. The standard InChI is InChI=1S/C10H6F3NO4/c1-5(16)7-3-9(14(17)18)8(10(11,12)13)2-6(7)4-15/h2-4H,1H3. The zero-order valence-electron chi connectivity index (χ0n) is 8.95. The summed E-state index contributed by atoms with van der Waals surface area (Å²) in [4.78, 5) is 31.0. The van der Waals surface area contributed by atoms with Crippen LogP contribution < -0.4 is 0 Å². The molecular weight excluding hydrogens is 255 g/mol. The molecule has 0 bridgehead atoms. The van der Waals surface area contributed by atoms with Gasteiger partial charge in [-0.3, -0.25) is 19.7 Å². The van der Waals surface area contributed by atoms with Gasteiger partial charge in [-0.15, -0.1) is 0 Å². The first-order valence-electron chi connectivity index (χ1n) is 4.54. The molecule has 0 saturated heterocycles. The molecule has 1 aromatic carbocycles. The van der Waals surface area contributed by atoms with Crippen LogP contribution in [-0.2, 0) is 6.18 Å². The number of Topliss-reactive ketones (excluding diaryl/α,β-unsaturated/α-hetero) is 1. The van der Waals surface area contributed by atoms with Gasteiger partial charge in [-0.05, 0) is 13.0 Å². The van der Waals surface area contributed by atoms with Crippen LogP contribution in [0, 0.1) is 10.1 Å². The van der Waals surface area contributed by atoms with E-state index in [2.05, 4.69) is 0 Å². The van der Waals surface area contributed by atoms with Gasteiger partial charge in [-0.1, -0.05) is 0 Å². The molecule has 0 N–H and O–H groups in total. The maximum Gasteiger partial charge on any atom is 0.423 e. The molecule has 96 valence electrons. The van der Waals surface area contributed by atoms with Crippen LogP contribution in [0.5, 0.6) is 0 Å². The highest BCUT2D eigenvalue weighted by Crippen LogP contribution is 2.37. The second-order valence-corrected chi connectivity index (χ2v) is 3.39. The van der Waals surface area contributed by atoms with Crippen LogP contribution in [0.25, 0.3) is 0 Å². The van der Waals surface area contributed by atoms with Crippen molar-refractivity contribution in [2.45, 2.75) is 13.1 Å². The topological polar surface area (TPSA) is 77.3 Å². The van der Waals surface area contributed by atoms with Gasteiger partial charge in [0.05, 0.1) is 4.92 Å². The third-order valence-corrected chi connectivity index (χ3v) is 2.18. The lowest BCUT2D eigenvalue weighted by atomic mass is 10.00. The van der Waals surface area contributed by atoms with E-state index in [4.69, 9.17) is 0 Å². The number of rotatable bonds is 3. The average Bonchev–Trinajstić information content (AvgIpc) is 2.25. The van der Waals surface area contributed by atoms with E-state index in [0.717, 1.165) is 6.92 Å². The Morgan fingerprint density at radius 3 is 2.28 bits per heavy atom. The number of halogens is 3. The lowest BCUT2D eigenvalue weighted by molar-refractivity contribution is -0.388. The van der Waals surface area contributed by atoms with E-state index in [-0.39, 0.29) is 6.29 Å². The minimum Gasteiger partial charge on any atom is -0.298 e. The van der Waals surface area contributed by atoms with E-state index in [1.54, 1.807) is 0 Å². The number of hydrogen-bond acceptors (Lipinski definition) is 4. The first-order valence-corrected chi connectivity index (χ1v) is 4.54. The lowest BCUT2D eigenvalue weighted by Crippen LogP contribution is -2.12. The Balaban J connectivity index is 3.68. The Morgan fingerprint density at radius 2 is 1.94 bits per heavy atom. The lowest BCUT2D eigenvalue weighted by Gasteiger charge is -2.09. The fourth-order valence-corrected chi connectivity index (χ4v) is 1.39. The Bertz CT molecular complexity index is 537.